The minimum absolute atomic E-state index is 0.191. The molecule has 2 saturated heterocycles. The van der Waals surface area contributed by atoms with Gasteiger partial charge in [0.2, 0.25) is 5.91 Å². The highest BCUT2D eigenvalue weighted by molar-refractivity contribution is 9.10. The van der Waals surface area contributed by atoms with Gasteiger partial charge in [0, 0.05) is 24.5 Å². The molecule has 0 atom stereocenters. The van der Waals surface area contributed by atoms with Gasteiger partial charge < -0.3 is 24.4 Å². The van der Waals surface area contributed by atoms with Crippen LogP contribution in [0.1, 0.15) is 18.1 Å². The van der Waals surface area contributed by atoms with Gasteiger partial charge in [-0.1, -0.05) is 29.3 Å². The maximum atomic E-state index is 13.1. The molecule has 2 fully saturated rings. The van der Waals surface area contributed by atoms with Gasteiger partial charge in [-0.3, -0.25) is 19.3 Å². The van der Waals surface area contributed by atoms with E-state index in [-0.39, 0.29) is 11.5 Å². The van der Waals surface area contributed by atoms with Gasteiger partial charge in [-0.05, 0) is 100 Å². The fraction of sp³-hybridized carbons (Fsp3) is 0.258. The number of thioether (sulfide) groups is 1. The van der Waals surface area contributed by atoms with Gasteiger partial charge in [-0.15, -0.1) is 0 Å². The summed E-state index contributed by atoms with van der Waals surface area (Å²) in [7, 11) is 0. The molecule has 0 saturated carbocycles. The summed E-state index contributed by atoms with van der Waals surface area (Å²) in [6.45, 7) is 5.00. The average molecular weight is 721 g/mol. The largest absolute Gasteiger partial charge is 0.490 e. The van der Waals surface area contributed by atoms with Crippen LogP contribution < -0.4 is 19.7 Å². The Morgan fingerprint density at radius 1 is 1.05 bits per heavy atom. The molecule has 0 radical (unpaired) electrons. The van der Waals surface area contributed by atoms with E-state index in [9.17, 15) is 14.4 Å². The lowest BCUT2D eigenvalue weighted by molar-refractivity contribution is -0.127. The maximum absolute atomic E-state index is 13.1. The van der Waals surface area contributed by atoms with E-state index in [1.165, 1.54) is 0 Å². The number of nitrogens with one attached hydrogen (secondary N) is 1. The lowest BCUT2D eigenvalue weighted by Crippen LogP contribution is -2.36. The molecule has 0 spiro atoms. The second kappa shape index (κ2) is 14.7. The third-order valence-corrected chi connectivity index (χ3v) is 8.93. The molecular weight excluding hydrogens is 693 g/mol. The zero-order valence-corrected chi connectivity index (χ0v) is 27.5. The number of amides is 3. The number of benzene rings is 3. The summed E-state index contributed by atoms with van der Waals surface area (Å²) in [5.74, 6) is -0.103. The Morgan fingerprint density at radius 2 is 1.80 bits per heavy atom. The number of anilines is 2. The van der Waals surface area contributed by atoms with Crippen molar-refractivity contribution in [2.24, 2.45) is 0 Å². The van der Waals surface area contributed by atoms with Crippen LogP contribution in [0.15, 0.2) is 64.0 Å². The van der Waals surface area contributed by atoms with Crippen LogP contribution in [-0.4, -0.2) is 61.4 Å². The molecule has 0 bridgehead atoms. The number of imide groups is 1. The number of hydrogen-bond acceptors (Lipinski definition) is 8. The van der Waals surface area contributed by atoms with Crippen molar-refractivity contribution in [3.8, 4) is 11.5 Å². The van der Waals surface area contributed by atoms with Gasteiger partial charge in [-0.25, -0.2) is 0 Å². The summed E-state index contributed by atoms with van der Waals surface area (Å²) in [6, 6.07) is 16.1. The molecule has 3 aromatic carbocycles. The van der Waals surface area contributed by atoms with Crippen molar-refractivity contribution in [1.29, 1.82) is 0 Å². The van der Waals surface area contributed by atoms with Crippen molar-refractivity contribution < 1.29 is 28.6 Å². The highest BCUT2D eigenvalue weighted by Gasteiger charge is 2.36. The third kappa shape index (κ3) is 7.89. The molecule has 230 valence electrons. The van der Waals surface area contributed by atoms with Crippen LogP contribution in [0.25, 0.3) is 6.08 Å². The van der Waals surface area contributed by atoms with Gasteiger partial charge in [0.25, 0.3) is 11.1 Å². The number of rotatable bonds is 10. The molecule has 5 rings (SSSR count). The Kier molecular flexibility index (Phi) is 10.8. The lowest BCUT2D eigenvalue weighted by atomic mass is 10.1. The second-order valence-electron chi connectivity index (χ2n) is 9.76. The summed E-state index contributed by atoms with van der Waals surface area (Å²) >= 11 is 16.4. The van der Waals surface area contributed by atoms with E-state index in [0.717, 1.165) is 41.0 Å². The molecule has 44 heavy (non-hydrogen) atoms. The molecule has 9 nitrogen and oxygen atoms in total. The molecule has 0 aliphatic carbocycles. The van der Waals surface area contributed by atoms with Crippen LogP contribution in [0, 0.1) is 0 Å². The molecule has 2 heterocycles. The first-order valence-corrected chi connectivity index (χ1v) is 16.1. The van der Waals surface area contributed by atoms with Crippen LogP contribution in [0.5, 0.6) is 11.5 Å². The number of morpholine rings is 1. The summed E-state index contributed by atoms with van der Waals surface area (Å²) < 4.78 is 17.8. The van der Waals surface area contributed by atoms with Crippen molar-refractivity contribution in [3.63, 3.8) is 0 Å². The van der Waals surface area contributed by atoms with Crippen LogP contribution in [0.2, 0.25) is 10.0 Å². The van der Waals surface area contributed by atoms with E-state index < -0.39 is 23.6 Å². The Balaban J connectivity index is 1.24. The van der Waals surface area contributed by atoms with Gasteiger partial charge in [-0.2, -0.15) is 0 Å². The summed E-state index contributed by atoms with van der Waals surface area (Å²) in [5.41, 5.74) is 3.04. The van der Waals surface area contributed by atoms with E-state index in [2.05, 4.69) is 26.1 Å². The second-order valence-corrected chi connectivity index (χ2v) is 12.4. The van der Waals surface area contributed by atoms with E-state index >= 15 is 0 Å². The number of halogens is 3. The Bertz CT molecular complexity index is 1600. The Morgan fingerprint density at radius 3 is 2.50 bits per heavy atom. The number of nitrogens with zero attached hydrogens (tertiary/aromatic N) is 2. The van der Waals surface area contributed by atoms with Crippen molar-refractivity contribution in [2.75, 3.05) is 49.7 Å². The molecule has 2 aliphatic heterocycles. The number of ether oxygens (including phenoxy) is 3. The molecule has 3 aromatic rings. The molecule has 1 N–H and O–H groups in total. The van der Waals surface area contributed by atoms with Gasteiger partial charge >= 0.3 is 0 Å². The average Bonchev–Trinajstić information content (AvgIpc) is 3.26. The summed E-state index contributed by atoms with van der Waals surface area (Å²) in [6.07, 6.45) is 1.59. The van der Waals surface area contributed by atoms with Crippen molar-refractivity contribution in [1.82, 2.24) is 4.90 Å². The zero-order chi connectivity index (χ0) is 31.2. The van der Waals surface area contributed by atoms with Gasteiger partial charge in [0.1, 0.15) is 13.2 Å². The van der Waals surface area contributed by atoms with Crippen LogP contribution >= 0.6 is 50.9 Å². The van der Waals surface area contributed by atoms with E-state index in [1.54, 1.807) is 42.5 Å². The van der Waals surface area contributed by atoms with Crippen LogP contribution in [-0.2, 0) is 20.9 Å². The molecule has 0 aromatic heterocycles. The van der Waals surface area contributed by atoms with E-state index in [0.29, 0.717) is 57.1 Å². The number of carbonyl (C=O) groups is 3. The minimum atomic E-state index is -0.549. The first kappa shape index (κ1) is 32.2. The lowest BCUT2D eigenvalue weighted by Gasteiger charge is -2.28. The normalized spacial score (nSPS) is 16.0. The monoisotopic (exact) mass is 719 g/mol. The van der Waals surface area contributed by atoms with Crippen LogP contribution in [0.4, 0.5) is 16.2 Å². The molecule has 0 unspecified atom stereocenters. The summed E-state index contributed by atoms with van der Waals surface area (Å²) in [5, 5.41) is 3.12. The highest BCUT2D eigenvalue weighted by Crippen LogP contribution is 2.40. The fourth-order valence-corrected chi connectivity index (χ4v) is 6.30. The predicted molar refractivity (Wildman–Crippen MR) is 177 cm³/mol. The molecule has 13 heteroatoms. The van der Waals surface area contributed by atoms with Crippen molar-refractivity contribution >= 4 is 85.4 Å². The zero-order valence-electron chi connectivity index (χ0n) is 23.6. The maximum Gasteiger partial charge on any atom is 0.294 e. The van der Waals surface area contributed by atoms with Crippen molar-refractivity contribution in [2.45, 2.75) is 13.5 Å². The third-order valence-electron chi connectivity index (χ3n) is 6.70. The molecule has 2 aliphatic rings. The van der Waals surface area contributed by atoms with Crippen molar-refractivity contribution in [3.05, 3.63) is 85.1 Å². The minimum Gasteiger partial charge on any atom is -0.490 e. The number of hydrogen-bond donors (Lipinski definition) is 1. The van der Waals surface area contributed by atoms with E-state index in [4.69, 9.17) is 37.4 Å². The Hall–Kier alpha value is -3.22. The van der Waals surface area contributed by atoms with E-state index in [1.807, 2.05) is 25.1 Å². The van der Waals surface area contributed by atoms with Crippen LogP contribution in [0.3, 0.4) is 0 Å². The highest BCUT2D eigenvalue weighted by atomic mass is 79.9. The predicted octanol–water partition coefficient (Wildman–Crippen LogP) is 7.25. The Labute approximate surface area is 277 Å². The SMILES string of the molecule is CCOc1cc(/C=C2/SC(=O)N(CC(=O)Nc3ccc(N4CCOCC4)cc3)C2=O)cc(Br)c1OCc1ccc(Cl)c(Cl)c1. The standard InChI is InChI=1S/C31H28BrCl2N3O6S/c1-2-42-26-15-20(13-23(32)29(26)43-18-19-3-8-24(33)25(34)14-19)16-27-30(39)37(31(40)44-27)17-28(38)35-21-4-6-22(7-5-21)36-9-11-41-12-10-36/h3-8,13-16H,2,9-12,17-18H2,1H3,(H,35,38)/b27-16+. The first-order chi connectivity index (χ1) is 21.2. The summed E-state index contributed by atoms with van der Waals surface area (Å²) in [4.78, 5) is 41.9. The van der Waals surface area contributed by atoms with Gasteiger partial charge in [0.15, 0.2) is 11.5 Å². The van der Waals surface area contributed by atoms with Gasteiger partial charge in [0.05, 0.1) is 39.2 Å². The first-order valence-electron chi connectivity index (χ1n) is 13.7. The number of carbonyl (C=O) groups excluding carboxylic acids is 3. The smallest absolute Gasteiger partial charge is 0.294 e. The molecule has 3 amide bonds. The molecular formula is C31H28BrCl2N3O6S. The topological polar surface area (TPSA) is 97.4 Å². The fourth-order valence-electron chi connectivity index (χ4n) is 4.57. The quantitative estimate of drug-likeness (QED) is 0.219.